The van der Waals surface area contributed by atoms with Gasteiger partial charge >= 0.3 is 0 Å². The van der Waals surface area contributed by atoms with Crippen LogP contribution in [0.2, 0.25) is 0 Å². The van der Waals surface area contributed by atoms with Crippen LogP contribution in [-0.2, 0) is 18.3 Å². The molecular weight excluding hydrogens is 524 g/mol. The van der Waals surface area contributed by atoms with Crippen LogP contribution >= 0.6 is 0 Å². The highest BCUT2D eigenvalue weighted by Crippen LogP contribution is 2.43. The zero-order chi connectivity index (χ0) is 29.5. The van der Waals surface area contributed by atoms with Gasteiger partial charge in [0, 0.05) is 58.5 Å². The van der Waals surface area contributed by atoms with Gasteiger partial charge in [0.1, 0.15) is 5.65 Å². The summed E-state index contributed by atoms with van der Waals surface area (Å²) in [5.41, 5.74) is 11.0. The maximum absolute atomic E-state index is 12.3. The molecule has 9 nitrogen and oxygen atoms in total. The second-order valence-corrected chi connectivity index (χ2v) is 11.3. The number of carbonyl (C=O) groups excluding carboxylic acids is 1. The molecule has 0 bridgehead atoms. The molecule has 1 aliphatic heterocycles. The molecule has 5 aromatic rings. The van der Waals surface area contributed by atoms with Gasteiger partial charge in [-0.1, -0.05) is 25.6 Å². The van der Waals surface area contributed by atoms with E-state index < -0.39 is 0 Å². The third kappa shape index (κ3) is 4.83. The third-order valence-electron chi connectivity index (χ3n) is 8.73. The standard InChI is InChI=1S/C33H38N8O/c1-7-25-27(26-18-35-40(6)21(26)4)17-34-33-31(25)30(22-10-9-20(3)28(15-22)37-29(42)8-2)32(38-33)23-16-36-41(19-23)24-11-13-39(5)14-12-24/h8-10,15-19,24H,2,7,11-14H2,1,3-6H3,(H,34,38)(H,37,42). The quantitative estimate of drug-likeness (QED) is 0.235. The molecule has 1 fully saturated rings. The Morgan fingerprint density at radius 1 is 1.10 bits per heavy atom. The molecule has 0 atom stereocenters. The smallest absolute Gasteiger partial charge is 0.247 e. The molecule has 5 heterocycles. The summed E-state index contributed by atoms with van der Waals surface area (Å²) < 4.78 is 4.02. The fraction of sp³-hybridized carbons (Fsp3) is 0.333. The van der Waals surface area contributed by atoms with Crippen molar-refractivity contribution in [1.82, 2.24) is 34.4 Å². The van der Waals surface area contributed by atoms with Crippen LogP contribution in [0.15, 0.2) is 55.6 Å². The van der Waals surface area contributed by atoms with Crippen molar-refractivity contribution >= 4 is 22.6 Å². The molecule has 0 spiro atoms. The predicted octanol–water partition coefficient (Wildman–Crippen LogP) is 6.06. The Hall–Kier alpha value is -4.50. The molecule has 0 unspecified atom stereocenters. The zero-order valence-electron chi connectivity index (χ0n) is 25.0. The van der Waals surface area contributed by atoms with E-state index in [-0.39, 0.29) is 5.91 Å². The van der Waals surface area contributed by atoms with Crippen molar-refractivity contribution in [1.29, 1.82) is 0 Å². The van der Waals surface area contributed by atoms with Crippen molar-refractivity contribution < 1.29 is 4.79 Å². The van der Waals surface area contributed by atoms with Crippen LogP contribution < -0.4 is 5.32 Å². The minimum atomic E-state index is -0.237. The third-order valence-corrected chi connectivity index (χ3v) is 8.73. The number of aromatic nitrogens is 6. The summed E-state index contributed by atoms with van der Waals surface area (Å²) in [4.78, 5) is 23.3. The number of H-pyrrole nitrogens is 1. The van der Waals surface area contributed by atoms with Crippen molar-refractivity contribution in [2.24, 2.45) is 7.05 Å². The van der Waals surface area contributed by atoms with Crippen molar-refractivity contribution in [3.63, 3.8) is 0 Å². The highest BCUT2D eigenvalue weighted by Gasteiger charge is 2.25. The molecule has 9 heteroatoms. The Morgan fingerprint density at radius 3 is 2.57 bits per heavy atom. The van der Waals surface area contributed by atoms with Gasteiger partial charge in [0.25, 0.3) is 0 Å². The molecule has 42 heavy (non-hydrogen) atoms. The predicted molar refractivity (Wildman–Crippen MR) is 168 cm³/mol. The minimum Gasteiger partial charge on any atom is -0.339 e. The lowest BCUT2D eigenvalue weighted by atomic mass is 9.92. The van der Waals surface area contributed by atoms with E-state index in [1.165, 1.54) is 11.6 Å². The Labute approximate surface area is 246 Å². The highest BCUT2D eigenvalue weighted by molar-refractivity contribution is 6.07. The second-order valence-electron chi connectivity index (χ2n) is 11.3. The number of aromatic amines is 1. The number of pyridine rings is 1. The highest BCUT2D eigenvalue weighted by atomic mass is 16.1. The van der Waals surface area contributed by atoms with Gasteiger partial charge in [-0.05, 0) is 82.1 Å². The normalized spacial score (nSPS) is 14.5. The zero-order valence-corrected chi connectivity index (χ0v) is 25.0. The molecule has 216 valence electrons. The van der Waals surface area contributed by atoms with Gasteiger partial charge in [0.2, 0.25) is 5.91 Å². The van der Waals surface area contributed by atoms with Crippen molar-refractivity contribution in [2.45, 2.75) is 46.1 Å². The van der Waals surface area contributed by atoms with Crippen LogP contribution in [0.5, 0.6) is 0 Å². The lowest BCUT2D eigenvalue weighted by Gasteiger charge is -2.28. The minimum absolute atomic E-state index is 0.237. The Morgan fingerprint density at radius 2 is 1.88 bits per heavy atom. The average molecular weight is 563 g/mol. The number of amides is 1. The topological polar surface area (TPSA) is 96.7 Å². The largest absolute Gasteiger partial charge is 0.339 e. The van der Waals surface area contributed by atoms with Crippen molar-refractivity contribution in [3.05, 3.63) is 72.5 Å². The molecule has 1 saturated heterocycles. The number of benzene rings is 1. The number of carbonyl (C=O) groups is 1. The monoisotopic (exact) mass is 562 g/mol. The number of likely N-dealkylation sites (tertiary alicyclic amines) is 1. The van der Waals surface area contributed by atoms with Crippen LogP contribution in [0.1, 0.15) is 42.6 Å². The van der Waals surface area contributed by atoms with E-state index in [1.807, 2.05) is 49.4 Å². The van der Waals surface area contributed by atoms with Gasteiger partial charge in [0.05, 0.1) is 24.1 Å². The van der Waals surface area contributed by atoms with Crippen molar-refractivity contribution in [3.8, 4) is 33.5 Å². The number of rotatable bonds is 7. The van der Waals surface area contributed by atoms with E-state index in [0.717, 1.165) is 93.8 Å². The van der Waals surface area contributed by atoms with E-state index in [0.29, 0.717) is 6.04 Å². The summed E-state index contributed by atoms with van der Waals surface area (Å²) in [6.07, 6.45) is 12.3. The molecule has 2 N–H and O–H groups in total. The van der Waals surface area contributed by atoms with Gasteiger partial charge in [-0.2, -0.15) is 10.2 Å². The van der Waals surface area contributed by atoms with Crippen LogP contribution in [0, 0.1) is 13.8 Å². The molecule has 1 aliphatic rings. The molecule has 4 aromatic heterocycles. The maximum atomic E-state index is 12.3. The first-order valence-corrected chi connectivity index (χ1v) is 14.6. The summed E-state index contributed by atoms with van der Waals surface area (Å²) in [7, 11) is 4.14. The van der Waals surface area contributed by atoms with Crippen LogP contribution in [0.4, 0.5) is 5.69 Å². The Bertz CT molecular complexity index is 1800. The van der Waals surface area contributed by atoms with Gasteiger partial charge in [-0.3, -0.25) is 14.2 Å². The first-order chi connectivity index (χ1) is 20.3. The number of hydrogen-bond donors (Lipinski definition) is 2. The van der Waals surface area contributed by atoms with E-state index in [9.17, 15) is 4.79 Å². The molecule has 0 radical (unpaired) electrons. The molecule has 1 amide bonds. The van der Waals surface area contributed by atoms with Gasteiger partial charge in [0.15, 0.2) is 0 Å². The number of nitrogens with one attached hydrogen (secondary N) is 2. The molecule has 0 aliphatic carbocycles. The fourth-order valence-electron chi connectivity index (χ4n) is 6.11. The lowest BCUT2D eigenvalue weighted by molar-refractivity contribution is -0.111. The lowest BCUT2D eigenvalue weighted by Crippen LogP contribution is -2.31. The van der Waals surface area contributed by atoms with Crippen LogP contribution in [0.25, 0.3) is 44.5 Å². The number of nitrogens with zero attached hydrogens (tertiary/aromatic N) is 6. The number of anilines is 1. The van der Waals surface area contributed by atoms with Gasteiger partial charge < -0.3 is 15.2 Å². The summed E-state index contributed by atoms with van der Waals surface area (Å²) in [6, 6.07) is 6.60. The van der Waals surface area contributed by atoms with E-state index >= 15 is 0 Å². The van der Waals surface area contributed by atoms with Crippen molar-refractivity contribution in [2.75, 3.05) is 25.5 Å². The SMILES string of the molecule is C=CC(=O)Nc1cc(-c2c(-c3cnn(C4CCN(C)CC4)c3)[nH]c3ncc(-c4cnn(C)c4C)c(CC)c23)ccc1C. The molecule has 6 rings (SSSR count). The number of piperidine rings is 1. The maximum Gasteiger partial charge on any atom is 0.247 e. The van der Waals surface area contributed by atoms with E-state index in [4.69, 9.17) is 10.1 Å². The van der Waals surface area contributed by atoms with E-state index in [2.05, 4.69) is 64.7 Å². The summed E-state index contributed by atoms with van der Waals surface area (Å²) in [6.45, 7) is 12.0. The molecule has 1 aromatic carbocycles. The van der Waals surface area contributed by atoms with E-state index in [1.54, 1.807) is 0 Å². The number of fused-ring (bicyclic) bond motifs is 1. The van der Waals surface area contributed by atoms with Gasteiger partial charge in [-0.15, -0.1) is 0 Å². The second kappa shape index (κ2) is 11.1. The first kappa shape index (κ1) is 27.7. The summed E-state index contributed by atoms with van der Waals surface area (Å²) >= 11 is 0. The first-order valence-electron chi connectivity index (χ1n) is 14.6. The molecule has 0 saturated carbocycles. The Kier molecular flexibility index (Phi) is 7.28. The average Bonchev–Trinajstić information content (AvgIpc) is 3.71. The number of aryl methyl sites for hydroxylation is 3. The fourth-order valence-corrected chi connectivity index (χ4v) is 6.11. The Balaban J connectivity index is 1.58. The molecular formula is C33H38N8O. The summed E-state index contributed by atoms with van der Waals surface area (Å²) in [5.74, 6) is -0.237. The van der Waals surface area contributed by atoms with Crippen LogP contribution in [-0.4, -0.2) is 60.5 Å². The van der Waals surface area contributed by atoms with Gasteiger partial charge in [-0.25, -0.2) is 4.98 Å². The van der Waals surface area contributed by atoms with Crippen LogP contribution in [0.3, 0.4) is 0 Å². The summed E-state index contributed by atoms with van der Waals surface area (Å²) in [5, 5.41) is 13.4. The number of hydrogen-bond acceptors (Lipinski definition) is 5.